The van der Waals surface area contributed by atoms with E-state index in [0.29, 0.717) is 30.6 Å². The minimum Gasteiger partial charge on any atom is -0.492 e. The predicted octanol–water partition coefficient (Wildman–Crippen LogP) is 2.86. The van der Waals surface area contributed by atoms with E-state index in [1.807, 2.05) is 38.1 Å². The summed E-state index contributed by atoms with van der Waals surface area (Å²) < 4.78 is 11.0. The van der Waals surface area contributed by atoms with Crippen molar-refractivity contribution in [3.05, 3.63) is 29.3 Å². The first-order chi connectivity index (χ1) is 7.99. The number of hydrogen-bond acceptors (Lipinski definition) is 3. The summed E-state index contributed by atoms with van der Waals surface area (Å²) >= 11 is 5.95. The third-order valence-corrected chi connectivity index (χ3v) is 2.31. The highest BCUT2D eigenvalue weighted by atomic mass is 35.5. The zero-order valence-electron chi connectivity index (χ0n) is 10.4. The van der Waals surface area contributed by atoms with Gasteiger partial charge in [0.2, 0.25) is 0 Å². The zero-order chi connectivity index (χ0) is 12.7. The number of benzene rings is 1. The quantitative estimate of drug-likeness (QED) is 0.764. The fraction of sp³-hybridized carbons (Fsp3) is 0.538. The second-order valence-electron chi connectivity index (χ2n) is 4.67. The van der Waals surface area contributed by atoms with Crippen LogP contribution in [-0.4, -0.2) is 25.4 Å². The molecule has 0 aliphatic carbocycles. The van der Waals surface area contributed by atoms with E-state index in [2.05, 4.69) is 0 Å². The van der Waals surface area contributed by atoms with Crippen LogP contribution in [0.15, 0.2) is 24.3 Å². The molecule has 0 bridgehead atoms. The van der Waals surface area contributed by atoms with Gasteiger partial charge in [-0.3, -0.25) is 0 Å². The van der Waals surface area contributed by atoms with Gasteiger partial charge in [-0.2, -0.15) is 0 Å². The Hall–Kier alpha value is -0.770. The second-order valence-corrected chi connectivity index (χ2v) is 5.08. The Balaban J connectivity index is 2.11. The summed E-state index contributed by atoms with van der Waals surface area (Å²) in [6.07, 6.45) is 0.821. The molecule has 1 aromatic carbocycles. The molecule has 0 fully saturated rings. The van der Waals surface area contributed by atoms with Crippen LogP contribution >= 0.6 is 11.6 Å². The maximum atomic E-state index is 5.95. The van der Waals surface area contributed by atoms with Crippen molar-refractivity contribution in [2.75, 3.05) is 19.8 Å². The molecule has 17 heavy (non-hydrogen) atoms. The Bertz CT molecular complexity index is 336. The van der Waals surface area contributed by atoms with Gasteiger partial charge in [-0.25, -0.2) is 0 Å². The molecule has 0 aliphatic heterocycles. The molecule has 0 aromatic heterocycles. The van der Waals surface area contributed by atoms with Crippen LogP contribution in [0.3, 0.4) is 0 Å². The zero-order valence-corrected chi connectivity index (χ0v) is 11.2. The predicted molar refractivity (Wildman–Crippen MR) is 70.6 cm³/mol. The highest BCUT2D eigenvalue weighted by Crippen LogP contribution is 2.22. The van der Waals surface area contributed by atoms with Crippen molar-refractivity contribution >= 4 is 11.6 Å². The number of hydrogen-bond donors (Lipinski definition) is 1. The van der Waals surface area contributed by atoms with E-state index in [9.17, 15) is 0 Å². The first-order valence-electron chi connectivity index (χ1n) is 5.73. The Morgan fingerprint density at radius 1 is 1.24 bits per heavy atom. The summed E-state index contributed by atoms with van der Waals surface area (Å²) in [7, 11) is 0. The molecule has 0 aliphatic rings. The van der Waals surface area contributed by atoms with E-state index in [1.165, 1.54) is 0 Å². The molecular weight excluding hydrogens is 238 g/mol. The van der Waals surface area contributed by atoms with Gasteiger partial charge in [0.25, 0.3) is 0 Å². The van der Waals surface area contributed by atoms with Crippen LogP contribution in [0.25, 0.3) is 0 Å². The van der Waals surface area contributed by atoms with Crippen molar-refractivity contribution in [2.24, 2.45) is 5.73 Å². The molecule has 0 amide bonds. The Labute approximate surface area is 108 Å². The minimum atomic E-state index is -0.274. The molecule has 1 aromatic rings. The van der Waals surface area contributed by atoms with Gasteiger partial charge in [-0.05, 0) is 26.0 Å². The molecule has 0 spiro atoms. The lowest BCUT2D eigenvalue weighted by atomic mass is 10.1. The van der Waals surface area contributed by atoms with Crippen LogP contribution in [0.2, 0.25) is 5.02 Å². The fourth-order valence-corrected chi connectivity index (χ4v) is 1.43. The van der Waals surface area contributed by atoms with E-state index >= 15 is 0 Å². The average molecular weight is 258 g/mol. The average Bonchev–Trinajstić information content (AvgIpc) is 2.24. The molecule has 0 radical (unpaired) electrons. The van der Waals surface area contributed by atoms with Crippen LogP contribution in [-0.2, 0) is 4.74 Å². The third kappa shape index (κ3) is 6.51. The fourth-order valence-electron chi connectivity index (χ4n) is 1.24. The number of rotatable bonds is 7. The lowest BCUT2D eigenvalue weighted by molar-refractivity contribution is 0.0871. The maximum Gasteiger partial charge on any atom is 0.137 e. The number of para-hydroxylation sites is 1. The van der Waals surface area contributed by atoms with Gasteiger partial charge in [0, 0.05) is 18.6 Å². The van der Waals surface area contributed by atoms with Crippen LogP contribution in [0, 0.1) is 0 Å². The second kappa shape index (κ2) is 6.84. The van der Waals surface area contributed by atoms with Gasteiger partial charge in [-0.1, -0.05) is 23.7 Å². The standard InChI is InChI=1S/C13H20ClNO2/c1-13(2,15)10-16-8-5-9-17-12-7-4-3-6-11(12)14/h3-4,6-7H,5,8-10,15H2,1-2H3. The first kappa shape index (κ1) is 14.3. The highest BCUT2D eigenvalue weighted by Gasteiger charge is 2.09. The third-order valence-electron chi connectivity index (χ3n) is 2.00. The van der Waals surface area contributed by atoms with Gasteiger partial charge in [-0.15, -0.1) is 0 Å². The van der Waals surface area contributed by atoms with E-state index in [4.69, 9.17) is 26.8 Å². The van der Waals surface area contributed by atoms with Crippen LogP contribution < -0.4 is 10.5 Å². The lowest BCUT2D eigenvalue weighted by Crippen LogP contribution is -2.37. The smallest absolute Gasteiger partial charge is 0.137 e. The monoisotopic (exact) mass is 257 g/mol. The van der Waals surface area contributed by atoms with E-state index < -0.39 is 0 Å². The molecule has 2 N–H and O–H groups in total. The molecule has 0 saturated carbocycles. The Kier molecular flexibility index (Phi) is 5.75. The van der Waals surface area contributed by atoms with Crippen molar-refractivity contribution < 1.29 is 9.47 Å². The molecule has 0 unspecified atom stereocenters. The normalized spacial score (nSPS) is 11.5. The highest BCUT2D eigenvalue weighted by molar-refractivity contribution is 6.32. The van der Waals surface area contributed by atoms with E-state index in [1.54, 1.807) is 0 Å². The summed E-state index contributed by atoms with van der Waals surface area (Å²) in [6.45, 7) is 5.67. The van der Waals surface area contributed by atoms with Crippen molar-refractivity contribution in [1.82, 2.24) is 0 Å². The van der Waals surface area contributed by atoms with Gasteiger partial charge in [0.1, 0.15) is 5.75 Å². The molecule has 0 atom stereocenters. The summed E-state index contributed by atoms with van der Waals surface area (Å²) in [5.41, 5.74) is 5.51. The maximum absolute atomic E-state index is 5.95. The summed E-state index contributed by atoms with van der Waals surface area (Å²) in [5.74, 6) is 0.716. The Morgan fingerprint density at radius 3 is 2.59 bits per heavy atom. The molecule has 96 valence electrons. The van der Waals surface area contributed by atoms with E-state index in [-0.39, 0.29) is 5.54 Å². The summed E-state index contributed by atoms with van der Waals surface area (Å²) in [4.78, 5) is 0. The van der Waals surface area contributed by atoms with Crippen LogP contribution in [0.5, 0.6) is 5.75 Å². The minimum absolute atomic E-state index is 0.274. The van der Waals surface area contributed by atoms with E-state index in [0.717, 1.165) is 6.42 Å². The largest absolute Gasteiger partial charge is 0.492 e. The molecule has 3 nitrogen and oxygen atoms in total. The number of nitrogens with two attached hydrogens (primary N) is 1. The molecule has 0 heterocycles. The number of halogens is 1. The van der Waals surface area contributed by atoms with Crippen molar-refractivity contribution in [2.45, 2.75) is 25.8 Å². The van der Waals surface area contributed by atoms with Crippen molar-refractivity contribution in [3.63, 3.8) is 0 Å². The van der Waals surface area contributed by atoms with Crippen molar-refractivity contribution in [3.8, 4) is 5.75 Å². The van der Waals surface area contributed by atoms with Crippen LogP contribution in [0.1, 0.15) is 20.3 Å². The summed E-state index contributed by atoms with van der Waals surface area (Å²) in [5, 5.41) is 0.636. The first-order valence-corrected chi connectivity index (χ1v) is 6.11. The lowest BCUT2D eigenvalue weighted by Gasteiger charge is -2.18. The molecule has 4 heteroatoms. The molecule has 0 saturated heterocycles. The summed E-state index contributed by atoms with van der Waals surface area (Å²) in [6, 6.07) is 7.44. The van der Waals surface area contributed by atoms with Crippen LogP contribution in [0.4, 0.5) is 0 Å². The van der Waals surface area contributed by atoms with Gasteiger partial charge < -0.3 is 15.2 Å². The SMILES string of the molecule is CC(C)(N)COCCCOc1ccccc1Cl. The Morgan fingerprint density at radius 2 is 1.94 bits per heavy atom. The van der Waals surface area contributed by atoms with Crippen molar-refractivity contribution in [1.29, 1.82) is 0 Å². The van der Waals surface area contributed by atoms with Gasteiger partial charge >= 0.3 is 0 Å². The van der Waals surface area contributed by atoms with Gasteiger partial charge in [0.05, 0.1) is 18.2 Å². The molecule has 1 rings (SSSR count). The molecular formula is C13H20ClNO2. The topological polar surface area (TPSA) is 44.5 Å². The van der Waals surface area contributed by atoms with Gasteiger partial charge in [0.15, 0.2) is 0 Å². The number of ether oxygens (including phenoxy) is 2.